The van der Waals surface area contributed by atoms with E-state index in [2.05, 4.69) is 17.6 Å². The van der Waals surface area contributed by atoms with Gasteiger partial charge >= 0.3 is 0 Å². The first-order valence-corrected chi connectivity index (χ1v) is 10.8. The van der Waals surface area contributed by atoms with Crippen molar-refractivity contribution in [3.63, 3.8) is 0 Å². The number of thiophene rings is 1. The number of ether oxygens (including phenoxy) is 1. The van der Waals surface area contributed by atoms with Gasteiger partial charge in [0.05, 0.1) is 6.61 Å². The Labute approximate surface area is 172 Å². The molecule has 3 rings (SSSR count). The lowest BCUT2D eigenvalue weighted by Crippen LogP contribution is -2.37. The van der Waals surface area contributed by atoms with E-state index in [1.54, 1.807) is 0 Å². The van der Waals surface area contributed by atoms with Crippen LogP contribution in [0.3, 0.4) is 0 Å². The van der Waals surface area contributed by atoms with Crippen molar-refractivity contribution in [1.82, 2.24) is 10.6 Å². The van der Waals surface area contributed by atoms with Crippen LogP contribution in [-0.4, -0.2) is 31.6 Å². The van der Waals surface area contributed by atoms with E-state index in [-0.39, 0.29) is 18.3 Å². The van der Waals surface area contributed by atoms with Crippen molar-refractivity contribution < 1.29 is 9.53 Å². The number of benzene rings is 1. The van der Waals surface area contributed by atoms with Crippen molar-refractivity contribution in [2.45, 2.75) is 57.9 Å². The first-order valence-electron chi connectivity index (χ1n) is 9.95. The molecule has 0 saturated heterocycles. The highest BCUT2D eigenvalue weighted by Gasteiger charge is 2.19. The number of fused-ring (bicyclic) bond motifs is 1. The first-order chi connectivity index (χ1) is 12.8. The van der Waals surface area contributed by atoms with Gasteiger partial charge in [0.1, 0.15) is 4.88 Å². The summed E-state index contributed by atoms with van der Waals surface area (Å²) >= 11 is 1.52. The predicted molar refractivity (Wildman–Crippen MR) is 117 cm³/mol. The van der Waals surface area contributed by atoms with Gasteiger partial charge in [-0.15, -0.1) is 23.7 Å². The van der Waals surface area contributed by atoms with Crippen LogP contribution in [0.1, 0.15) is 61.5 Å². The van der Waals surface area contributed by atoms with Crippen LogP contribution in [0.4, 0.5) is 0 Å². The van der Waals surface area contributed by atoms with Crippen LogP contribution in [0.25, 0.3) is 10.1 Å². The van der Waals surface area contributed by atoms with Gasteiger partial charge in [-0.05, 0) is 31.4 Å². The van der Waals surface area contributed by atoms with Gasteiger partial charge in [0.2, 0.25) is 0 Å². The number of unbranched alkanes of at least 4 members (excludes halogenated alkanes) is 1. The van der Waals surface area contributed by atoms with Crippen LogP contribution in [0.5, 0.6) is 5.75 Å². The summed E-state index contributed by atoms with van der Waals surface area (Å²) in [6.45, 7) is 4.27. The number of carbonyl (C=O) groups excluding carboxylic acids is 1. The maximum Gasteiger partial charge on any atom is 0.265 e. The number of rotatable bonds is 9. The third-order valence-electron chi connectivity index (χ3n) is 4.95. The van der Waals surface area contributed by atoms with Gasteiger partial charge in [0.15, 0.2) is 5.75 Å². The fourth-order valence-corrected chi connectivity index (χ4v) is 4.54. The van der Waals surface area contributed by atoms with Crippen LogP contribution < -0.4 is 15.4 Å². The zero-order valence-electron chi connectivity index (χ0n) is 16.1. The fraction of sp³-hybridized carbons (Fsp3) is 0.571. The molecule has 1 aromatic carbocycles. The minimum absolute atomic E-state index is 0. The van der Waals surface area contributed by atoms with E-state index in [0.29, 0.717) is 24.1 Å². The lowest BCUT2D eigenvalue weighted by Gasteiger charge is -2.22. The SMILES string of the molecule is CCCCOc1c(C(=O)NCCNC2CCCCC2)sc2ccccc12.Cl. The summed E-state index contributed by atoms with van der Waals surface area (Å²) in [7, 11) is 0. The Kier molecular flexibility index (Phi) is 9.39. The van der Waals surface area contributed by atoms with Crippen LogP contribution in [0.15, 0.2) is 24.3 Å². The maximum atomic E-state index is 12.7. The van der Waals surface area contributed by atoms with Crippen molar-refractivity contribution in [2.24, 2.45) is 0 Å². The Bertz CT molecular complexity index is 713. The molecule has 150 valence electrons. The number of hydrogen-bond donors (Lipinski definition) is 2. The zero-order chi connectivity index (χ0) is 18.2. The summed E-state index contributed by atoms with van der Waals surface area (Å²) in [5.41, 5.74) is 0. The molecule has 0 aliphatic heterocycles. The molecular formula is C21H31ClN2O2S. The molecule has 0 spiro atoms. The van der Waals surface area contributed by atoms with E-state index in [1.165, 1.54) is 43.4 Å². The van der Waals surface area contributed by atoms with Gasteiger partial charge in [-0.2, -0.15) is 0 Å². The molecule has 1 saturated carbocycles. The van der Waals surface area contributed by atoms with Crippen molar-refractivity contribution in [3.05, 3.63) is 29.1 Å². The molecular weight excluding hydrogens is 380 g/mol. The molecule has 0 radical (unpaired) electrons. The standard InChI is InChI=1S/C21H30N2O2S.ClH/c1-2-3-15-25-19-17-11-7-8-12-18(17)26-20(19)21(24)23-14-13-22-16-9-5-4-6-10-16;/h7-8,11-12,16,22H,2-6,9-10,13-15H2,1H3,(H,23,24);1H. The average Bonchev–Trinajstić information content (AvgIpc) is 3.05. The van der Waals surface area contributed by atoms with E-state index < -0.39 is 0 Å². The third-order valence-corrected chi connectivity index (χ3v) is 6.10. The lowest BCUT2D eigenvalue weighted by atomic mass is 9.95. The molecule has 6 heteroatoms. The van der Waals surface area contributed by atoms with Crippen LogP contribution in [-0.2, 0) is 0 Å². The second kappa shape index (κ2) is 11.5. The minimum Gasteiger partial charge on any atom is -0.491 e. The van der Waals surface area contributed by atoms with E-state index >= 15 is 0 Å². The van der Waals surface area contributed by atoms with E-state index in [1.807, 2.05) is 24.3 Å². The lowest BCUT2D eigenvalue weighted by molar-refractivity contribution is 0.0954. The molecule has 0 unspecified atom stereocenters. The molecule has 27 heavy (non-hydrogen) atoms. The Hall–Kier alpha value is -1.30. The van der Waals surface area contributed by atoms with Crippen LogP contribution >= 0.6 is 23.7 Å². The molecule has 1 aliphatic rings. The zero-order valence-corrected chi connectivity index (χ0v) is 17.7. The molecule has 1 aromatic heterocycles. The molecule has 0 atom stereocenters. The van der Waals surface area contributed by atoms with Gasteiger partial charge in [-0.3, -0.25) is 4.79 Å². The average molecular weight is 411 g/mol. The number of hydrogen-bond acceptors (Lipinski definition) is 4. The van der Waals surface area contributed by atoms with E-state index in [0.717, 1.165) is 35.2 Å². The van der Waals surface area contributed by atoms with Crippen molar-refractivity contribution >= 4 is 39.7 Å². The Morgan fingerprint density at radius 3 is 2.74 bits per heavy atom. The predicted octanol–water partition coefficient (Wildman–Crippen LogP) is 5.15. The summed E-state index contributed by atoms with van der Waals surface area (Å²) in [5.74, 6) is 0.722. The Morgan fingerprint density at radius 1 is 1.19 bits per heavy atom. The number of amides is 1. The maximum absolute atomic E-state index is 12.7. The summed E-state index contributed by atoms with van der Waals surface area (Å²) in [6, 6.07) is 8.71. The fourth-order valence-electron chi connectivity index (χ4n) is 3.47. The molecule has 1 fully saturated rings. The monoisotopic (exact) mass is 410 g/mol. The van der Waals surface area contributed by atoms with Crippen molar-refractivity contribution in [3.8, 4) is 5.75 Å². The highest BCUT2D eigenvalue weighted by atomic mass is 35.5. The number of halogens is 1. The summed E-state index contributed by atoms with van der Waals surface area (Å²) in [5, 5.41) is 7.67. The quantitative estimate of drug-likeness (QED) is 0.561. The normalized spacial score (nSPS) is 14.7. The highest BCUT2D eigenvalue weighted by Crippen LogP contribution is 2.37. The van der Waals surface area contributed by atoms with E-state index in [9.17, 15) is 4.79 Å². The first kappa shape index (κ1) is 22.0. The summed E-state index contributed by atoms with van der Waals surface area (Å²) < 4.78 is 7.09. The topological polar surface area (TPSA) is 50.4 Å². The number of nitrogens with one attached hydrogen (secondary N) is 2. The second-order valence-corrected chi connectivity index (χ2v) is 8.06. The van der Waals surface area contributed by atoms with Crippen LogP contribution in [0.2, 0.25) is 0 Å². The molecule has 1 aliphatic carbocycles. The van der Waals surface area contributed by atoms with Gasteiger partial charge in [0, 0.05) is 29.2 Å². The smallest absolute Gasteiger partial charge is 0.265 e. The molecule has 2 aromatic rings. The Morgan fingerprint density at radius 2 is 1.96 bits per heavy atom. The summed E-state index contributed by atoms with van der Waals surface area (Å²) in [6.07, 6.45) is 8.61. The molecule has 2 N–H and O–H groups in total. The van der Waals surface area contributed by atoms with E-state index in [4.69, 9.17) is 4.74 Å². The van der Waals surface area contributed by atoms with Gasteiger partial charge in [-0.1, -0.05) is 44.7 Å². The number of carbonyl (C=O) groups is 1. The summed E-state index contributed by atoms with van der Waals surface area (Å²) in [4.78, 5) is 13.4. The Balaban J connectivity index is 0.00000261. The molecule has 0 bridgehead atoms. The molecule has 1 amide bonds. The largest absolute Gasteiger partial charge is 0.491 e. The van der Waals surface area contributed by atoms with Gasteiger partial charge < -0.3 is 15.4 Å². The molecule has 4 nitrogen and oxygen atoms in total. The highest BCUT2D eigenvalue weighted by molar-refractivity contribution is 7.21. The van der Waals surface area contributed by atoms with Crippen LogP contribution in [0, 0.1) is 0 Å². The second-order valence-electron chi connectivity index (χ2n) is 7.00. The van der Waals surface area contributed by atoms with Gasteiger partial charge in [0.25, 0.3) is 5.91 Å². The van der Waals surface area contributed by atoms with Crippen molar-refractivity contribution in [1.29, 1.82) is 0 Å². The third kappa shape index (κ3) is 6.09. The van der Waals surface area contributed by atoms with Crippen molar-refractivity contribution in [2.75, 3.05) is 19.7 Å². The minimum atomic E-state index is -0.0249. The molecule has 1 heterocycles. The van der Waals surface area contributed by atoms with Gasteiger partial charge in [-0.25, -0.2) is 0 Å².